The predicted octanol–water partition coefficient (Wildman–Crippen LogP) is 5.59. The Morgan fingerprint density at radius 1 is 1.09 bits per heavy atom. The maximum absolute atomic E-state index is 12.7. The lowest BCUT2D eigenvalue weighted by atomic mass is 10.0. The summed E-state index contributed by atoms with van der Waals surface area (Å²) in [5.74, 6) is 0.192. The lowest BCUT2D eigenvalue weighted by Crippen LogP contribution is -2.32. The van der Waals surface area contributed by atoms with Crippen LogP contribution in [0.2, 0.25) is 10.0 Å². The van der Waals surface area contributed by atoms with E-state index in [4.69, 9.17) is 23.2 Å². The van der Waals surface area contributed by atoms with Crippen molar-refractivity contribution in [2.75, 3.05) is 11.1 Å². The van der Waals surface area contributed by atoms with Gasteiger partial charge in [-0.15, -0.1) is 5.10 Å². The SMILES string of the molecule is Cc1ccc(NC(=O)CSc2n[nH]c([C@H](NC(=O)c3ccc(Cl)cc3Cl)C(C)C)n2)cc1C. The molecule has 0 fully saturated rings. The van der Waals surface area contributed by atoms with Crippen molar-refractivity contribution in [2.24, 2.45) is 5.92 Å². The molecule has 1 heterocycles. The molecule has 3 rings (SSSR count). The number of aromatic nitrogens is 3. The van der Waals surface area contributed by atoms with Crippen LogP contribution in [0.3, 0.4) is 0 Å². The molecule has 3 aromatic rings. The lowest BCUT2D eigenvalue weighted by molar-refractivity contribution is -0.113. The fourth-order valence-electron chi connectivity index (χ4n) is 3.05. The molecule has 1 atom stereocenters. The smallest absolute Gasteiger partial charge is 0.253 e. The molecule has 0 spiro atoms. The van der Waals surface area contributed by atoms with Crippen LogP contribution >= 0.6 is 35.0 Å². The van der Waals surface area contributed by atoms with Gasteiger partial charge in [0.15, 0.2) is 0 Å². The van der Waals surface area contributed by atoms with Crippen LogP contribution in [-0.4, -0.2) is 32.7 Å². The molecule has 1 aromatic heterocycles. The number of carbonyl (C=O) groups excluding carboxylic acids is 2. The van der Waals surface area contributed by atoms with Crippen LogP contribution in [0.15, 0.2) is 41.6 Å². The van der Waals surface area contributed by atoms with E-state index in [1.165, 1.54) is 23.4 Å². The second kappa shape index (κ2) is 11.0. The monoisotopic (exact) mass is 505 g/mol. The average Bonchev–Trinajstić information content (AvgIpc) is 3.21. The minimum atomic E-state index is -0.421. The quantitative estimate of drug-likeness (QED) is 0.346. The molecule has 10 heteroatoms. The minimum Gasteiger partial charge on any atom is -0.342 e. The van der Waals surface area contributed by atoms with Crippen LogP contribution in [0.4, 0.5) is 5.69 Å². The second-order valence-corrected chi connectivity index (χ2v) is 9.74. The van der Waals surface area contributed by atoms with Gasteiger partial charge >= 0.3 is 0 Å². The summed E-state index contributed by atoms with van der Waals surface area (Å²) >= 11 is 13.3. The van der Waals surface area contributed by atoms with Crippen LogP contribution in [0.25, 0.3) is 0 Å². The first-order chi connectivity index (χ1) is 15.6. The molecule has 0 aliphatic rings. The normalized spacial score (nSPS) is 12.0. The average molecular weight is 506 g/mol. The molecule has 7 nitrogen and oxygen atoms in total. The van der Waals surface area contributed by atoms with Crippen LogP contribution in [0, 0.1) is 19.8 Å². The maximum Gasteiger partial charge on any atom is 0.253 e. The highest BCUT2D eigenvalue weighted by Gasteiger charge is 2.24. The van der Waals surface area contributed by atoms with Crippen molar-refractivity contribution in [1.82, 2.24) is 20.5 Å². The van der Waals surface area contributed by atoms with E-state index >= 15 is 0 Å². The number of thioether (sulfide) groups is 1. The van der Waals surface area contributed by atoms with E-state index in [2.05, 4.69) is 25.8 Å². The Bertz CT molecular complexity index is 1170. The number of aryl methyl sites for hydroxylation is 2. The largest absolute Gasteiger partial charge is 0.342 e. The molecule has 0 bridgehead atoms. The van der Waals surface area contributed by atoms with Crippen molar-refractivity contribution in [2.45, 2.75) is 38.9 Å². The minimum absolute atomic E-state index is 0.0268. The molecule has 2 amide bonds. The number of anilines is 1. The number of aromatic amines is 1. The number of amides is 2. The summed E-state index contributed by atoms with van der Waals surface area (Å²) in [5, 5.41) is 14.0. The first-order valence-corrected chi connectivity index (χ1v) is 12.1. The molecule has 0 aliphatic carbocycles. The number of carbonyl (C=O) groups is 2. The van der Waals surface area contributed by atoms with E-state index in [1.54, 1.807) is 12.1 Å². The van der Waals surface area contributed by atoms with Crippen molar-refractivity contribution >= 4 is 52.5 Å². The number of hydrogen-bond acceptors (Lipinski definition) is 5. The van der Waals surface area contributed by atoms with E-state index in [0.29, 0.717) is 21.6 Å². The Balaban J connectivity index is 1.62. The first kappa shape index (κ1) is 25.1. The maximum atomic E-state index is 12.7. The zero-order chi connectivity index (χ0) is 24.1. The molecule has 0 unspecified atom stereocenters. The van der Waals surface area contributed by atoms with Crippen molar-refractivity contribution in [3.05, 3.63) is 69.0 Å². The van der Waals surface area contributed by atoms with Crippen molar-refractivity contribution < 1.29 is 9.59 Å². The Kier molecular flexibility index (Phi) is 8.40. The van der Waals surface area contributed by atoms with Gasteiger partial charge < -0.3 is 10.6 Å². The predicted molar refractivity (Wildman–Crippen MR) is 133 cm³/mol. The molecule has 0 saturated heterocycles. The zero-order valence-corrected chi connectivity index (χ0v) is 21.0. The summed E-state index contributed by atoms with van der Waals surface area (Å²) < 4.78 is 0. The summed E-state index contributed by atoms with van der Waals surface area (Å²) in [7, 11) is 0. The van der Waals surface area contributed by atoms with Crippen LogP contribution in [-0.2, 0) is 4.79 Å². The molecular weight excluding hydrogens is 481 g/mol. The van der Waals surface area contributed by atoms with E-state index in [1.807, 2.05) is 45.9 Å². The molecule has 33 heavy (non-hydrogen) atoms. The highest BCUT2D eigenvalue weighted by Crippen LogP contribution is 2.25. The van der Waals surface area contributed by atoms with Gasteiger partial charge in [0, 0.05) is 10.7 Å². The van der Waals surface area contributed by atoms with Crippen LogP contribution < -0.4 is 10.6 Å². The summed E-state index contributed by atoms with van der Waals surface area (Å²) in [6.45, 7) is 7.94. The number of benzene rings is 2. The fourth-order valence-corrected chi connectivity index (χ4v) is 4.15. The van der Waals surface area contributed by atoms with Gasteiger partial charge in [-0.05, 0) is 61.2 Å². The number of H-pyrrole nitrogens is 1. The van der Waals surface area contributed by atoms with Gasteiger partial charge in [-0.2, -0.15) is 0 Å². The van der Waals surface area contributed by atoms with E-state index in [9.17, 15) is 9.59 Å². The highest BCUT2D eigenvalue weighted by atomic mass is 35.5. The topological polar surface area (TPSA) is 99.8 Å². The van der Waals surface area contributed by atoms with Gasteiger partial charge in [-0.25, -0.2) is 4.98 Å². The Labute approximate surface area is 207 Å². The van der Waals surface area contributed by atoms with E-state index < -0.39 is 6.04 Å². The molecular formula is C23H25Cl2N5O2S. The number of hydrogen-bond donors (Lipinski definition) is 3. The van der Waals surface area contributed by atoms with Crippen molar-refractivity contribution in [1.29, 1.82) is 0 Å². The number of nitrogens with zero attached hydrogens (tertiary/aromatic N) is 2. The van der Waals surface area contributed by atoms with Gasteiger partial charge in [-0.3, -0.25) is 14.7 Å². The number of nitrogens with one attached hydrogen (secondary N) is 3. The number of rotatable bonds is 8. The molecule has 0 aliphatic heterocycles. The fraction of sp³-hybridized carbons (Fsp3) is 0.304. The second-order valence-electron chi connectivity index (χ2n) is 7.96. The van der Waals surface area contributed by atoms with Gasteiger partial charge in [0.1, 0.15) is 5.82 Å². The standard InChI is InChI=1S/C23H25Cl2N5O2S/c1-12(2)20(27-22(32)17-8-6-15(24)10-18(17)25)21-28-23(30-29-21)33-11-19(31)26-16-7-5-13(3)14(4)9-16/h5-10,12,20H,11H2,1-4H3,(H,26,31)(H,27,32)(H,28,29,30)/t20-/m1/s1. The summed E-state index contributed by atoms with van der Waals surface area (Å²) in [6.07, 6.45) is 0. The Morgan fingerprint density at radius 2 is 1.85 bits per heavy atom. The summed E-state index contributed by atoms with van der Waals surface area (Å²) in [6, 6.07) is 10.1. The van der Waals surface area contributed by atoms with Gasteiger partial charge in [-0.1, -0.05) is 54.9 Å². The zero-order valence-electron chi connectivity index (χ0n) is 18.7. The lowest BCUT2D eigenvalue weighted by Gasteiger charge is -2.20. The Morgan fingerprint density at radius 3 is 2.52 bits per heavy atom. The molecule has 174 valence electrons. The highest BCUT2D eigenvalue weighted by molar-refractivity contribution is 7.99. The molecule has 2 aromatic carbocycles. The van der Waals surface area contributed by atoms with Gasteiger partial charge in [0.25, 0.3) is 5.91 Å². The van der Waals surface area contributed by atoms with E-state index in [0.717, 1.165) is 11.3 Å². The van der Waals surface area contributed by atoms with Gasteiger partial charge in [0.2, 0.25) is 11.1 Å². The third-order valence-electron chi connectivity index (χ3n) is 5.03. The van der Waals surface area contributed by atoms with Gasteiger partial charge in [0.05, 0.1) is 22.4 Å². The van der Waals surface area contributed by atoms with Crippen LogP contribution in [0.5, 0.6) is 0 Å². The van der Waals surface area contributed by atoms with Crippen LogP contribution in [0.1, 0.15) is 47.2 Å². The number of halogens is 2. The van der Waals surface area contributed by atoms with Crippen molar-refractivity contribution in [3.63, 3.8) is 0 Å². The third kappa shape index (κ3) is 6.72. The first-order valence-electron chi connectivity index (χ1n) is 10.3. The van der Waals surface area contributed by atoms with Crippen molar-refractivity contribution in [3.8, 4) is 0 Å². The molecule has 0 saturated carbocycles. The van der Waals surface area contributed by atoms with E-state index in [-0.39, 0.29) is 28.5 Å². The third-order valence-corrected chi connectivity index (χ3v) is 6.42. The summed E-state index contributed by atoms with van der Waals surface area (Å²) in [5.41, 5.74) is 3.35. The molecule has 0 radical (unpaired) electrons. The Hall–Kier alpha value is -2.55. The molecule has 3 N–H and O–H groups in total. The summed E-state index contributed by atoms with van der Waals surface area (Å²) in [4.78, 5) is 29.5.